The van der Waals surface area contributed by atoms with Gasteiger partial charge in [0.15, 0.2) is 0 Å². The Kier molecular flexibility index (Phi) is 3.40. The van der Waals surface area contributed by atoms with Gasteiger partial charge >= 0.3 is 0 Å². The molecule has 0 saturated carbocycles. The number of amides is 1. The number of nitrogens with zero attached hydrogens (tertiary/aromatic N) is 2. The summed E-state index contributed by atoms with van der Waals surface area (Å²) in [7, 11) is 0. The van der Waals surface area contributed by atoms with E-state index in [1.165, 1.54) is 37.1 Å². The number of fused-ring (bicyclic) bond motifs is 1. The normalized spacial score (nSPS) is 25.3. The standard InChI is InChI=1S/C14H17N3O3/c18-14(10-3-5-12(6-4-10)17(19)20)16-8-11-2-1-7-15-13(11)9-16/h3-6,11,13,15H,1-2,7-9H2/t11-,13+/m0/s1. The van der Waals surface area contributed by atoms with Crippen LogP contribution in [0.1, 0.15) is 23.2 Å². The first-order valence-electron chi connectivity index (χ1n) is 6.92. The number of non-ortho nitro benzene ring substituents is 1. The molecule has 0 spiro atoms. The van der Waals surface area contributed by atoms with Crippen LogP contribution in [0.3, 0.4) is 0 Å². The van der Waals surface area contributed by atoms with Crippen molar-refractivity contribution in [1.82, 2.24) is 10.2 Å². The largest absolute Gasteiger partial charge is 0.337 e. The average molecular weight is 275 g/mol. The third-order valence-corrected chi connectivity index (χ3v) is 4.21. The molecule has 6 nitrogen and oxygen atoms in total. The molecule has 0 aliphatic carbocycles. The summed E-state index contributed by atoms with van der Waals surface area (Å²) in [5.41, 5.74) is 0.535. The van der Waals surface area contributed by atoms with Crippen molar-refractivity contribution in [2.45, 2.75) is 18.9 Å². The molecular weight excluding hydrogens is 258 g/mol. The summed E-state index contributed by atoms with van der Waals surface area (Å²) in [5, 5.41) is 14.1. The van der Waals surface area contributed by atoms with Crippen molar-refractivity contribution >= 4 is 11.6 Å². The van der Waals surface area contributed by atoms with Gasteiger partial charge in [0, 0.05) is 36.8 Å². The van der Waals surface area contributed by atoms with Gasteiger partial charge in [0.1, 0.15) is 0 Å². The second kappa shape index (κ2) is 5.20. The molecule has 0 bridgehead atoms. The van der Waals surface area contributed by atoms with Crippen LogP contribution in [0.5, 0.6) is 0 Å². The van der Waals surface area contributed by atoms with Crippen molar-refractivity contribution in [2.75, 3.05) is 19.6 Å². The predicted octanol–water partition coefficient (Wildman–Crippen LogP) is 1.42. The van der Waals surface area contributed by atoms with Gasteiger partial charge in [0.05, 0.1) is 4.92 Å². The van der Waals surface area contributed by atoms with E-state index in [0.29, 0.717) is 17.5 Å². The highest BCUT2D eigenvalue weighted by Crippen LogP contribution is 2.26. The molecule has 1 aromatic rings. The van der Waals surface area contributed by atoms with Crippen molar-refractivity contribution in [3.05, 3.63) is 39.9 Å². The maximum atomic E-state index is 12.4. The summed E-state index contributed by atoms with van der Waals surface area (Å²) in [6.45, 7) is 2.55. The quantitative estimate of drug-likeness (QED) is 0.654. The highest BCUT2D eigenvalue weighted by molar-refractivity contribution is 5.94. The van der Waals surface area contributed by atoms with Crippen molar-refractivity contribution < 1.29 is 9.72 Å². The first-order chi connectivity index (χ1) is 9.65. The molecule has 1 amide bonds. The van der Waals surface area contributed by atoms with Gasteiger partial charge in [0.2, 0.25) is 0 Å². The Labute approximate surface area is 116 Å². The summed E-state index contributed by atoms with van der Waals surface area (Å²) in [5.74, 6) is 0.516. The van der Waals surface area contributed by atoms with Gasteiger partial charge in [-0.15, -0.1) is 0 Å². The van der Waals surface area contributed by atoms with E-state index in [1.54, 1.807) is 0 Å². The van der Waals surface area contributed by atoms with Crippen LogP contribution >= 0.6 is 0 Å². The number of nitro groups is 1. The van der Waals surface area contributed by atoms with Gasteiger partial charge in [-0.1, -0.05) is 0 Å². The minimum atomic E-state index is -0.456. The molecular formula is C14H17N3O3. The number of piperidine rings is 1. The van der Waals surface area contributed by atoms with Crippen LogP contribution in [-0.2, 0) is 0 Å². The molecule has 0 radical (unpaired) electrons. The van der Waals surface area contributed by atoms with E-state index in [1.807, 2.05) is 4.90 Å². The molecule has 0 aromatic heterocycles. The second-order valence-corrected chi connectivity index (χ2v) is 5.48. The third-order valence-electron chi connectivity index (χ3n) is 4.21. The molecule has 2 atom stereocenters. The first-order valence-corrected chi connectivity index (χ1v) is 6.92. The highest BCUT2D eigenvalue weighted by atomic mass is 16.6. The second-order valence-electron chi connectivity index (χ2n) is 5.48. The summed E-state index contributed by atoms with van der Waals surface area (Å²) < 4.78 is 0. The molecule has 1 N–H and O–H groups in total. The number of carbonyl (C=O) groups is 1. The number of carbonyl (C=O) groups excluding carboxylic acids is 1. The van der Waals surface area contributed by atoms with Gasteiger partial charge in [-0.2, -0.15) is 0 Å². The van der Waals surface area contributed by atoms with Gasteiger partial charge in [-0.3, -0.25) is 14.9 Å². The fourth-order valence-corrected chi connectivity index (χ4v) is 3.12. The number of nitro benzene ring substituents is 1. The summed E-state index contributed by atoms with van der Waals surface area (Å²) in [4.78, 5) is 24.4. The molecule has 2 saturated heterocycles. The van der Waals surface area contributed by atoms with E-state index in [9.17, 15) is 14.9 Å². The molecule has 3 rings (SSSR count). The average Bonchev–Trinajstić information content (AvgIpc) is 2.90. The minimum absolute atomic E-state index is 0.0123. The smallest absolute Gasteiger partial charge is 0.269 e. The van der Waals surface area contributed by atoms with E-state index in [-0.39, 0.29) is 11.6 Å². The molecule has 20 heavy (non-hydrogen) atoms. The fraction of sp³-hybridized carbons (Fsp3) is 0.500. The number of likely N-dealkylation sites (tertiary alicyclic amines) is 1. The summed E-state index contributed by atoms with van der Waals surface area (Å²) in [6, 6.07) is 6.25. The maximum Gasteiger partial charge on any atom is 0.269 e. The van der Waals surface area contributed by atoms with E-state index >= 15 is 0 Å². The van der Waals surface area contributed by atoms with Gasteiger partial charge in [-0.25, -0.2) is 0 Å². The zero-order valence-corrected chi connectivity index (χ0v) is 11.1. The summed E-state index contributed by atoms with van der Waals surface area (Å²) >= 11 is 0. The minimum Gasteiger partial charge on any atom is -0.337 e. The number of hydrogen-bond donors (Lipinski definition) is 1. The van der Waals surface area contributed by atoms with Crippen LogP contribution in [0.4, 0.5) is 5.69 Å². The lowest BCUT2D eigenvalue weighted by Gasteiger charge is -2.24. The Morgan fingerprint density at radius 1 is 1.30 bits per heavy atom. The van der Waals surface area contributed by atoms with Crippen LogP contribution in [0.25, 0.3) is 0 Å². The Morgan fingerprint density at radius 2 is 2.05 bits per heavy atom. The lowest BCUT2D eigenvalue weighted by Crippen LogP contribution is -2.41. The SMILES string of the molecule is O=C(c1ccc([N+](=O)[O-])cc1)N1C[C@@H]2CCCN[C@@H]2C1. The van der Waals surface area contributed by atoms with Crippen molar-refractivity contribution in [1.29, 1.82) is 0 Å². The van der Waals surface area contributed by atoms with Gasteiger partial charge < -0.3 is 10.2 Å². The Morgan fingerprint density at radius 3 is 2.70 bits per heavy atom. The fourth-order valence-electron chi connectivity index (χ4n) is 3.12. The monoisotopic (exact) mass is 275 g/mol. The zero-order valence-electron chi connectivity index (χ0n) is 11.1. The molecule has 2 aliphatic rings. The van der Waals surface area contributed by atoms with Crippen molar-refractivity contribution in [2.24, 2.45) is 5.92 Å². The van der Waals surface area contributed by atoms with E-state index < -0.39 is 4.92 Å². The first kappa shape index (κ1) is 13.1. The molecule has 0 unspecified atom stereocenters. The topological polar surface area (TPSA) is 75.5 Å². The van der Waals surface area contributed by atoms with Crippen LogP contribution in [0, 0.1) is 16.0 Å². The molecule has 1 aromatic carbocycles. The third kappa shape index (κ3) is 2.38. The Hall–Kier alpha value is -1.95. The number of benzene rings is 1. The van der Waals surface area contributed by atoms with Crippen LogP contribution in [0.15, 0.2) is 24.3 Å². The Balaban J connectivity index is 1.71. The molecule has 2 aliphatic heterocycles. The molecule has 106 valence electrons. The number of rotatable bonds is 2. The summed E-state index contributed by atoms with van der Waals surface area (Å²) in [6.07, 6.45) is 2.34. The number of hydrogen-bond acceptors (Lipinski definition) is 4. The maximum absolute atomic E-state index is 12.4. The number of nitrogens with one attached hydrogen (secondary N) is 1. The highest BCUT2D eigenvalue weighted by Gasteiger charge is 2.36. The lowest BCUT2D eigenvalue weighted by molar-refractivity contribution is -0.384. The predicted molar refractivity (Wildman–Crippen MR) is 73.5 cm³/mol. The van der Waals surface area contributed by atoms with E-state index in [2.05, 4.69) is 5.32 Å². The lowest BCUT2D eigenvalue weighted by atomic mass is 9.94. The van der Waals surface area contributed by atoms with E-state index in [0.717, 1.165) is 19.6 Å². The van der Waals surface area contributed by atoms with Crippen molar-refractivity contribution in [3.63, 3.8) is 0 Å². The molecule has 2 heterocycles. The van der Waals surface area contributed by atoms with Crippen LogP contribution in [0.2, 0.25) is 0 Å². The van der Waals surface area contributed by atoms with Gasteiger partial charge in [0.25, 0.3) is 11.6 Å². The van der Waals surface area contributed by atoms with Crippen LogP contribution in [-0.4, -0.2) is 41.4 Å². The Bertz CT molecular complexity index is 515. The molecule has 2 fully saturated rings. The molecule has 6 heteroatoms. The van der Waals surface area contributed by atoms with Crippen LogP contribution < -0.4 is 5.32 Å². The van der Waals surface area contributed by atoms with Crippen molar-refractivity contribution in [3.8, 4) is 0 Å². The zero-order chi connectivity index (χ0) is 14.1. The van der Waals surface area contributed by atoms with Gasteiger partial charge in [-0.05, 0) is 37.4 Å². The van der Waals surface area contributed by atoms with E-state index in [4.69, 9.17) is 0 Å².